The highest BCUT2D eigenvalue weighted by atomic mass is 35.5. The Balaban J connectivity index is 3.89. The Morgan fingerprint density at radius 3 is 1.43 bits per heavy atom. The highest BCUT2D eigenvalue weighted by Gasteiger charge is 2.21. The van der Waals surface area contributed by atoms with Gasteiger partial charge in [0.1, 0.15) is 0 Å². The minimum absolute atomic E-state index is 0.0683. The molecule has 128 valence electrons. The summed E-state index contributed by atoms with van der Waals surface area (Å²) in [4.78, 5) is 0. The third-order valence-corrected chi connectivity index (χ3v) is 6.54. The molecule has 21 heavy (non-hydrogen) atoms. The first-order chi connectivity index (χ1) is 9.91. The second-order valence-electron chi connectivity index (χ2n) is 5.97. The summed E-state index contributed by atoms with van der Waals surface area (Å²) in [5, 5.41) is -0.536. The van der Waals surface area contributed by atoms with Gasteiger partial charge in [0, 0.05) is 10.8 Å². The van der Waals surface area contributed by atoms with Gasteiger partial charge in [-0.25, -0.2) is 8.42 Å². The van der Waals surface area contributed by atoms with Gasteiger partial charge in [-0.05, 0) is 12.8 Å². The number of hydrogen-bond acceptors (Lipinski definition) is 2. The van der Waals surface area contributed by atoms with Gasteiger partial charge >= 0.3 is 0 Å². The molecule has 0 aromatic carbocycles. The number of hydrogen-bond donors (Lipinski definition) is 0. The van der Waals surface area contributed by atoms with Crippen LogP contribution in [0.4, 0.5) is 0 Å². The molecule has 0 radical (unpaired) electrons. The van der Waals surface area contributed by atoms with E-state index in [1.165, 1.54) is 25.7 Å². The van der Waals surface area contributed by atoms with Crippen LogP contribution < -0.4 is 0 Å². The monoisotopic (exact) mass is 358 g/mol. The molecular formula is C16H32Cl2O2S. The Labute approximate surface area is 141 Å². The molecule has 0 aliphatic rings. The zero-order valence-electron chi connectivity index (χ0n) is 13.6. The van der Waals surface area contributed by atoms with Gasteiger partial charge in [0.25, 0.3) is 0 Å². The van der Waals surface area contributed by atoms with Crippen molar-refractivity contribution in [3.63, 3.8) is 0 Å². The fourth-order valence-corrected chi connectivity index (χ4v) is 5.40. The number of halogens is 2. The van der Waals surface area contributed by atoms with Crippen LogP contribution in [0.3, 0.4) is 0 Å². The third-order valence-electron chi connectivity index (χ3n) is 3.61. The second kappa shape index (κ2) is 13.0. The molecule has 0 aliphatic carbocycles. The van der Waals surface area contributed by atoms with Gasteiger partial charge < -0.3 is 0 Å². The van der Waals surface area contributed by atoms with E-state index < -0.39 is 9.84 Å². The van der Waals surface area contributed by atoms with E-state index in [0.717, 1.165) is 38.5 Å². The first-order valence-electron chi connectivity index (χ1n) is 8.39. The number of alkyl halides is 2. The molecule has 0 saturated carbocycles. The van der Waals surface area contributed by atoms with Gasteiger partial charge in [0.05, 0.1) is 11.5 Å². The zero-order valence-corrected chi connectivity index (χ0v) is 15.9. The summed E-state index contributed by atoms with van der Waals surface area (Å²) >= 11 is 12.3. The Bertz CT molecular complexity index is 305. The molecule has 2 unspecified atom stereocenters. The number of sulfone groups is 1. The van der Waals surface area contributed by atoms with Gasteiger partial charge in [0.2, 0.25) is 0 Å². The minimum atomic E-state index is -3.13. The van der Waals surface area contributed by atoms with E-state index in [0.29, 0.717) is 0 Å². The van der Waals surface area contributed by atoms with Crippen LogP contribution in [0.15, 0.2) is 0 Å². The maximum absolute atomic E-state index is 12.1. The molecule has 0 N–H and O–H groups in total. The largest absolute Gasteiger partial charge is 0.229 e. The quantitative estimate of drug-likeness (QED) is 0.301. The van der Waals surface area contributed by atoms with E-state index >= 15 is 0 Å². The fourth-order valence-electron chi connectivity index (χ4n) is 2.37. The fraction of sp³-hybridized carbons (Fsp3) is 1.00. The first-order valence-corrected chi connectivity index (χ1v) is 11.1. The van der Waals surface area contributed by atoms with Crippen molar-refractivity contribution < 1.29 is 8.42 Å². The van der Waals surface area contributed by atoms with Crippen LogP contribution in [-0.4, -0.2) is 30.7 Å². The molecule has 0 aromatic rings. The molecule has 0 spiro atoms. The predicted octanol–water partition coefficient (Wildman–Crippen LogP) is 5.56. The maximum Gasteiger partial charge on any atom is 0.153 e. The zero-order chi connectivity index (χ0) is 16.1. The summed E-state index contributed by atoms with van der Waals surface area (Å²) in [6, 6.07) is 0. The molecule has 5 heteroatoms. The molecule has 0 rings (SSSR count). The van der Waals surface area contributed by atoms with E-state index in [4.69, 9.17) is 23.2 Å². The number of unbranched alkanes of at least 4 members (excludes halogenated alkanes) is 6. The molecule has 0 heterocycles. The summed E-state index contributed by atoms with van der Waals surface area (Å²) in [5.74, 6) is 0.137. The topological polar surface area (TPSA) is 34.1 Å². The highest BCUT2D eigenvalue weighted by molar-refractivity contribution is 7.91. The van der Waals surface area contributed by atoms with Gasteiger partial charge in [-0.3, -0.25) is 0 Å². The molecule has 0 fully saturated rings. The van der Waals surface area contributed by atoms with Gasteiger partial charge in [-0.1, -0.05) is 65.2 Å². The Kier molecular flexibility index (Phi) is 13.3. The van der Waals surface area contributed by atoms with Crippen molar-refractivity contribution in [3.8, 4) is 0 Å². The summed E-state index contributed by atoms with van der Waals surface area (Å²) in [6.45, 7) is 4.31. The van der Waals surface area contributed by atoms with E-state index in [2.05, 4.69) is 13.8 Å². The molecule has 2 atom stereocenters. The Morgan fingerprint density at radius 1 is 0.714 bits per heavy atom. The van der Waals surface area contributed by atoms with Gasteiger partial charge in [0.15, 0.2) is 9.84 Å². The van der Waals surface area contributed by atoms with Crippen molar-refractivity contribution >= 4 is 33.0 Å². The normalized spacial score (nSPS) is 15.0. The van der Waals surface area contributed by atoms with Crippen LogP contribution in [0, 0.1) is 0 Å². The van der Waals surface area contributed by atoms with Crippen LogP contribution in [0.5, 0.6) is 0 Å². The lowest BCUT2D eigenvalue weighted by Crippen LogP contribution is -2.24. The molecule has 0 aromatic heterocycles. The lowest BCUT2D eigenvalue weighted by atomic mass is 10.1. The first kappa shape index (κ1) is 21.5. The van der Waals surface area contributed by atoms with Crippen molar-refractivity contribution in [2.45, 2.75) is 88.8 Å². The second-order valence-corrected chi connectivity index (χ2v) is 9.36. The summed E-state index contributed by atoms with van der Waals surface area (Å²) in [5.41, 5.74) is 0. The van der Waals surface area contributed by atoms with Gasteiger partial charge in [-0.15, -0.1) is 23.2 Å². The molecule has 0 saturated heterocycles. The summed E-state index contributed by atoms with van der Waals surface area (Å²) < 4.78 is 24.1. The lowest BCUT2D eigenvalue weighted by Gasteiger charge is -2.13. The Hall–Kier alpha value is 0.530. The van der Waals surface area contributed by atoms with Crippen LogP contribution >= 0.6 is 23.2 Å². The van der Waals surface area contributed by atoms with Crippen molar-refractivity contribution in [2.24, 2.45) is 0 Å². The van der Waals surface area contributed by atoms with Crippen LogP contribution in [0.1, 0.15) is 78.1 Å². The van der Waals surface area contributed by atoms with Crippen molar-refractivity contribution in [3.05, 3.63) is 0 Å². The standard InChI is InChI=1S/C16H32Cl2O2S/c1-3-5-7-9-11-15(17)13-21(19,20)14-16(18)12-10-8-6-4-2/h15-16H,3-14H2,1-2H3. The molecule has 0 aliphatic heterocycles. The number of rotatable bonds is 14. The van der Waals surface area contributed by atoms with Crippen molar-refractivity contribution in [1.29, 1.82) is 0 Å². The van der Waals surface area contributed by atoms with Gasteiger partial charge in [-0.2, -0.15) is 0 Å². The minimum Gasteiger partial charge on any atom is -0.229 e. The lowest BCUT2D eigenvalue weighted by molar-refractivity contribution is 0.577. The average Bonchev–Trinajstić information content (AvgIpc) is 2.38. The summed E-state index contributed by atoms with van der Waals surface area (Å²) in [6.07, 6.45) is 10.6. The van der Waals surface area contributed by atoms with E-state index in [1.54, 1.807) is 0 Å². The highest BCUT2D eigenvalue weighted by Crippen LogP contribution is 2.16. The summed E-state index contributed by atoms with van der Waals surface area (Å²) in [7, 11) is -3.13. The van der Waals surface area contributed by atoms with Crippen molar-refractivity contribution in [2.75, 3.05) is 11.5 Å². The van der Waals surface area contributed by atoms with E-state index in [1.807, 2.05) is 0 Å². The van der Waals surface area contributed by atoms with Crippen LogP contribution in [0.25, 0.3) is 0 Å². The molecule has 0 amide bonds. The van der Waals surface area contributed by atoms with Crippen LogP contribution in [0.2, 0.25) is 0 Å². The van der Waals surface area contributed by atoms with E-state index in [-0.39, 0.29) is 22.3 Å². The predicted molar refractivity (Wildman–Crippen MR) is 95.5 cm³/mol. The van der Waals surface area contributed by atoms with Crippen LogP contribution in [-0.2, 0) is 9.84 Å². The maximum atomic E-state index is 12.1. The Morgan fingerprint density at radius 2 is 1.10 bits per heavy atom. The third kappa shape index (κ3) is 13.9. The van der Waals surface area contributed by atoms with E-state index in [9.17, 15) is 8.42 Å². The molecule has 0 bridgehead atoms. The average molecular weight is 359 g/mol. The molecule has 2 nitrogen and oxygen atoms in total. The smallest absolute Gasteiger partial charge is 0.153 e. The van der Waals surface area contributed by atoms with Crippen molar-refractivity contribution in [1.82, 2.24) is 0 Å². The molecular weight excluding hydrogens is 327 g/mol. The SMILES string of the molecule is CCCCCCC(Cl)CS(=O)(=O)CC(Cl)CCCCCC.